The largest absolute Gasteiger partial charge is 0.300 e. The summed E-state index contributed by atoms with van der Waals surface area (Å²) in [5.41, 5.74) is 8.43. The highest BCUT2D eigenvalue weighted by molar-refractivity contribution is 5.78. The van der Waals surface area contributed by atoms with Crippen LogP contribution in [0.5, 0.6) is 0 Å². The predicted octanol–water partition coefficient (Wildman–Crippen LogP) is 4.61. The summed E-state index contributed by atoms with van der Waals surface area (Å²) in [7, 11) is 0. The van der Waals surface area contributed by atoms with Gasteiger partial charge in [0, 0.05) is 13.0 Å². The van der Waals surface area contributed by atoms with E-state index in [9.17, 15) is 0 Å². The van der Waals surface area contributed by atoms with Crippen molar-refractivity contribution in [3.63, 3.8) is 0 Å². The zero-order chi connectivity index (χ0) is 22.2. The number of unbranched alkanes of at least 4 members (excludes halogenated alkanes) is 1. The zero-order valence-electron chi connectivity index (χ0n) is 20.3. The molecule has 31 heavy (non-hydrogen) atoms. The van der Waals surface area contributed by atoms with Crippen molar-refractivity contribution in [2.45, 2.75) is 72.9 Å². The molecule has 1 atom stereocenters. The van der Waals surface area contributed by atoms with E-state index in [1.807, 2.05) is 0 Å². The molecule has 3 aromatic rings. The van der Waals surface area contributed by atoms with Gasteiger partial charge in [-0.1, -0.05) is 58.4 Å². The Kier molecular flexibility index (Phi) is 6.11. The van der Waals surface area contributed by atoms with Crippen LogP contribution in [-0.4, -0.2) is 29.3 Å². The van der Waals surface area contributed by atoms with Gasteiger partial charge >= 0.3 is 0 Å². The van der Waals surface area contributed by atoms with E-state index in [1.165, 1.54) is 40.6 Å². The number of aromatic nitrogens is 2. The fourth-order valence-corrected chi connectivity index (χ4v) is 4.88. The Balaban J connectivity index is 1.56. The molecule has 4 nitrogen and oxygen atoms in total. The first kappa shape index (κ1) is 21.9. The molecule has 1 aliphatic heterocycles. The first-order valence-corrected chi connectivity index (χ1v) is 11.9. The molecule has 0 saturated heterocycles. The molecule has 0 amide bonds. The summed E-state index contributed by atoms with van der Waals surface area (Å²) in [5.74, 6) is 1.15. The quantitative estimate of drug-likeness (QED) is 0.631. The number of fused-ring (bicyclic) bond motifs is 3. The molecular weight excluding hydrogens is 380 g/mol. The molecule has 0 spiro atoms. The number of nitrogens with one attached hydrogen (secondary N) is 1. The Morgan fingerprint density at radius 3 is 2.42 bits per heavy atom. The molecule has 0 aliphatic carbocycles. The number of hydrogen-bond donors (Lipinski definition) is 1. The highest BCUT2D eigenvalue weighted by Crippen LogP contribution is 2.27. The first-order chi connectivity index (χ1) is 14.8. The van der Waals surface area contributed by atoms with Crippen LogP contribution in [0.4, 0.5) is 5.95 Å². The number of para-hydroxylation sites is 2. The monoisotopic (exact) mass is 419 g/mol. The van der Waals surface area contributed by atoms with Gasteiger partial charge in [0.15, 0.2) is 13.3 Å². The standard InChI is InChI=1S/C27H38N4/c1-7-8-14-30-18-29(19-31-25-12-10-9-11-24(25)28-26(30)31)15-13-23-20(2)16-22(17-21(23)3)27(4,5)6/h9-12,16-17H,7-8,13-15,18-19H2,1-6H3/p+1. The van der Waals surface area contributed by atoms with Gasteiger partial charge in [-0.05, 0) is 60.1 Å². The van der Waals surface area contributed by atoms with E-state index in [1.54, 1.807) is 4.90 Å². The van der Waals surface area contributed by atoms with E-state index in [0.717, 1.165) is 44.3 Å². The van der Waals surface area contributed by atoms with E-state index in [-0.39, 0.29) is 5.41 Å². The normalized spacial score (nSPS) is 16.7. The van der Waals surface area contributed by atoms with E-state index in [2.05, 4.69) is 87.4 Å². The topological polar surface area (TPSA) is 25.5 Å². The SMILES string of the molecule is CCCCN1C[NH+](CCc2c(C)cc(C(C)(C)C)cc2C)Cn2c1nc1ccccc12. The van der Waals surface area contributed by atoms with E-state index in [0.29, 0.717) is 0 Å². The van der Waals surface area contributed by atoms with Crippen LogP contribution in [0.15, 0.2) is 36.4 Å². The first-order valence-electron chi connectivity index (χ1n) is 11.9. The lowest BCUT2D eigenvalue weighted by Gasteiger charge is -2.34. The van der Waals surface area contributed by atoms with Crippen molar-refractivity contribution in [3.05, 3.63) is 58.7 Å². The van der Waals surface area contributed by atoms with Crippen LogP contribution in [0.2, 0.25) is 0 Å². The van der Waals surface area contributed by atoms with E-state index < -0.39 is 0 Å². The van der Waals surface area contributed by atoms with Crippen LogP contribution in [0.3, 0.4) is 0 Å². The van der Waals surface area contributed by atoms with Gasteiger partial charge in [-0.15, -0.1) is 0 Å². The second-order valence-corrected chi connectivity index (χ2v) is 10.4. The van der Waals surface area contributed by atoms with Gasteiger partial charge in [-0.2, -0.15) is 0 Å². The second kappa shape index (κ2) is 8.66. The van der Waals surface area contributed by atoms with Crippen molar-refractivity contribution in [2.24, 2.45) is 0 Å². The number of imidazole rings is 1. The van der Waals surface area contributed by atoms with Crippen LogP contribution in [0.25, 0.3) is 11.0 Å². The van der Waals surface area contributed by atoms with Crippen molar-refractivity contribution >= 4 is 17.0 Å². The van der Waals surface area contributed by atoms with Gasteiger partial charge in [-0.3, -0.25) is 9.47 Å². The summed E-state index contributed by atoms with van der Waals surface area (Å²) in [6, 6.07) is 13.4. The third-order valence-corrected chi connectivity index (χ3v) is 6.79. The predicted molar refractivity (Wildman–Crippen MR) is 131 cm³/mol. The molecule has 1 aromatic heterocycles. The summed E-state index contributed by atoms with van der Waals surface area (Å²) < 4.78 is 2.44. The lowest BCUT2D eigenvalue weighted by Crippen LogP contribution is -3.14. The van der Waals surface area contributed by atoms with Crippen LogP contribution in [0.1, 0.15) is 62.8 Å². The summed E-state index contributed by atoms with van der Waals surface area (Å²) >= 11 is 0. The molecule has 2 aromatic carbocycles. The Morgan fingerprint density at radius 2 is 1.74 bits per heavy atom. The summed E-state index contributed by atoms with van der Waals surface area (Å²) in [5, 5.41) is 0. The Hall–Kier alpha value is -2.33. The minimum absolute atomic E-state index is 0.199. The zero-order valence-corrected chi connectivity index (χ0v) is 20.3. The molecule has 4 rings (SSSR count). The molecule has 1 unspecified atom stereocenters. The van der Waals surface area contributed by atoms with Gasteiger partial charge in [0.05, 0.1) is 17.6 Å². The molecule has 0 radical (unpaired) electrons. The Labute approximate surface area is 187 Å². The Bertz CT molecular complexity index is 1030. The van der Waals surface area contributed by atoms with Crippen molar-refractivity contribution in [2.75, 3.05) is 24.7 Å². The van der Waals surface area contributed by atoms with Crippen molar-refractivity contribution in [1.82, 2.24) is 9.55 Å². The molecule has 166 valence electrons. The van der Waals surface area contributed by atoms with Crippen LogP contribution in [0, 0.1) is 13.8 Å². The molecule has 0 bridgehead atoms. The molecule has 0 saturated carbocycles. The van der Waals surface area contributed by atoms with Crippen LogP contribution < -0.4 is 9.80 Å². The third-order valence-electron chi connectivity index (χ3n) is 6.79. The molecule has 1 N–H and O–H groups in total. The lowest BCUT2D eigenvalue weighted by molar-refractivity contribution is -0.924. The molecule has 2 heterocycles. The summed E-state index contributed by atoms with van der Waals surface area (Å²) in [6.45, 7) is 18.0. The fraction of sp³-hybridized carbons (Fsp3) is 0.519. The number of aryl methyl sites for hydroxylation is 2. The highest BCUT2D eigenvalue weighted by atomic mass is 15.5. The highest BCUT2D eigenvalue weighted by Gasteiger charge is 2.28. The molecular formula is C27H39N4+. The van der Waals surface area contributed by atoms with Crippen molar-refractivity contribution < 1.29 is 4.90 Å². The average molecular weight is 420 g/mol. The molecule has 0 fully saturated rings. The average Bonchev–Trinajstić information content (AvgIpc) is 3.09. The van der Waals surface area contributed by atoms with Gasteiger partial charge in [0.25, 0.3) is 0 Å². The number of hydrogen-bond acceptors (Lipinski definition) is 2. The smallest absolute Gasteiger partial charge is 0.215 e. The van der Waals surface area contributed by atoms with Crippen LogP contribution in [-0.2, 0) is 18.5 Å². The molecule has 4 heteroatoms. The lowest BCUT2D eigenvalue weighted by atomic mass is 9.83. The van der Waals surface area contributed by atoms with Gasteiger partial charge < -0.3 is 4.90 Å². The van der Waals surface area contributed by atoms with E-state index >= 15 is 0 Å². The van der Waals surface area contributed by atoms with Gasteiger partial charge in [-0.25, -0.2) is 4.98 Å². The maximum atomic E-state index is 4.98. The number of rotatable bonds is 6. The fourth-order valence-electron chi connectivity index (χ4n) is 4.88. The van der Waals surface area contributed by atoms with Crippen LogP contribution >= 0.6 is 0 Å². The summed E-state index contributed by atoms with van der Waals surface area (Å²) in [4.78, 5) is 9.10. The minimum Gasteiger partial charge on any atom is -0.300 e. The second-order valence-electron chi connectivity index (χ2n) is 10.4. The maximum Gasteiger partial charge on any atom is 0.215 e. The third kappa shape index (κ3) is 4.50. The van der Waals surface area contributed by atoms with Crippen molar-refractivity contribution in [3.8, 4) is 0 Å². The number of quaternary nitrogens is 1. The van der Waals surface area contributed by atoms with Crippen molar-refractivity contribution in [1.29, 1.82) is 0 Å². The minimum atomic E-state index is 0.199. The number of anilines is 1. The number of benzene rings is 2. The van der Waals surface area contributed by atoms with Gasteiger partial charge in [0.1, 0.15) is 0 Å². The Morgan fingerprint density at radius 1 is 1.03 bits per heavy atom. The molecule has 1 aliphatic rings. The van der Waals surface area contributed by atoms with Gasteiger partial charge in [0.2, 0.25) is 5.95 Å². The summed E-state index contributed by atoms with van der Waals surface area (Å²) in [6.07, 6.45) is 3.55. The van der Waals surface area contributed by atoms with E-state index in [4.69, 9.17) is 4.98 Å². The maximum absolute atomic E-state index is 4.98. The number of nitrogens with zero attached hydrogens (tertiary/aromatic N) is 3.